The molecule has 0 bridgehead atoms. The number of halogens is 3. The van der Waals surface area contributed by atoms with Crippen molar-refractivity contribution < 1.29 is 17.9 Å². The van der Waals surface area contributed by atoms with E-state index in [0.717, 1.165) is 0 Å². The molecule has 6 nitrogen and oxygen atoms in total. The van der Waals surface area contributed by atoms with E-state index >= 15 is 0 Å². The molecule has 0 radical (unpaired) electrons. The summed E-state index contributed by atoms with van der Waals surface area (Å²) in [4.78, 5) is 11.8. The SMILES string of the molecule is NS(=O)(=O)c1cccc(NC(=O)COc2cc(Cl)c(Cl)cc2Cl)c1. The quantitative estimate of drug-likeness (QED) is 0.740. The third kappa shape index (κ3) is 4.99. The van der Waals surface area contributed by atoms with E-state index in [1.165, 1.54) is 36.4 Å². The molecule has 0 aliphatic carbocycles. The number of ether oxygens (including phenoxy) is 1. The molecule has 128 valence electrons. The van der Waals surface area contributed by atoms with Crippen LogP contribution >= 0.6 is 34.8 Å². The number of carbonyl (C=O) groups excluding carboxylic acids is 1. The van der Waals surface area contributed by atoms with E-state index in [1.54, 1.807) is 0 Å². The van der Waals surface area contributed by atoms with E-state index in [9.17, 15) is 13.2 Å². The van der Waals surface area contributed by atoms with E-state index in [0.29, 0.717) is 0 Å². The zero-order valence-electron chi connectivity index (χ0n) is 11.9. The standard InChI is InChI=1S/C14H11Cl3N2O4S/c15-10-5-12(17)13(6-11(10)16)23-7-14(20)19-8-2-1-3-9(4-8)24(18,21)22/h1-6H,7H2,(H,19,20)(H2,18,21,22). The molecule has 0 saturated heterocycles. The van der Waals surface area contributed by atoms with Crippen LogP contribution in [0.4, 0.5) is 5.69 Å². The number of hydrogen-bond donors (Lipinski definition) is 2. The fourth-order valence-corrected chi connectivity index (χ4v) is 2.86. The largest absolute Gasteiger partial charge is 0.482 e. The van der Waals surface area contributed by atoms with Gasteiger partial charge in [0.25, 0.3) is 5.91 Å². The molecular weight excluding hydrogens is 399 g/mol. The average Bonchev–Trinajstić information content (AvgIpc) is 2.49. The summed E-state index contributed by atoms with van der Waals surface area (Å²) in [5, 5.41) is 8.21. The molecule has 2 aromatic carbocycles. The lowest BCUT2D eigenvalue weighted by Gasteiger charge is -2.10. The first-order valence-electron chi connectivity index (χ1n) is 6.37. The van der Waals surface area contributed by atoms with Crippen molar-refractivity contribution >= 4 is 56.4 Å². The Balaban J connectivity index is 2.03. The molecule has 0 unspecified atom stereocenters. The Hall–Kier alpha value is -1.51. The average molecular weight is 410 g/mol. The maximum Gasteiger partial charge on any atom is 0.262 e. The van der Waals surface area contributed by atoms with Crippen LogP contribution in [-0.4, -0.2) is 20.9 Å². The molecule has 0 aromatic heterocycles. The topological polar surface area (TPSA) is 98.5 Å². The summed E-state index contributed by atoms with van der Waals surface area (Å²) in [7, 11) is -3.86. The second-order valence-electron chi connectivity index (χ2n) is 4.61. The van der Waals surface area contributed by atoms with Gasteiger partial charge in [0.15, 0.2) is 6.61 Å². The van der Waals surface area contributed by atoms with Crippen LogP contribution in [0.5, 0.6) is 5.75 Å². The number of nitrogens with two attached hydrogens (primary N) is 1. The Labute approximate surface area is 153 Å². The second-order valence-corrected chi connectivity index (χ2v) is 7.39. The van der Waals surface area contributed by atoms with Crippen LogP contribution in [-0.2, 0) is 14.8 Å². The summed E-state index contributed by atoms with van der Waals surface area (Å²) < 4.78 is 27.8. The van der Waals surface area contributed by atoms with Gasteiger partial charge in [-0.05, 0) is 24.3 Å². The van der Waals surface area contributed by atoms with Gasteiger partial charge in [-0.2, -0.15) is 0 Å². The van der Waals surface area contributed by atoms with Crippen molar-refractivity contribution in [1.29, 1.82) is 0 Å². The summed E-state index contributed by atoms with van der Waals surface area (Å²) in [6, 6.07) is 8.30. The van der Waals surface area contributed by atoms with Crippen molar-refractivity contribution in [1.82, 2.24) is 0 Å². The summed E-state index contributed by atoms with van der Waals surface area (Å²) in [6.45, 7) is -0.364. The van der Waals surface area contributed by atoms with Crippen molar-refractivity contribution in [3.05, 3.63) is 51.5 Å². The first-order valence-corrected chi connectivity index (χ1v) is 9.05. The predicted molar refractivity (Wildman–Crippen MR) is 93.4 cm³/mol. The Morgan fingerprint density at radius 3 is 2.42 bits per heavy atom. The molecule has 0 atom stereocenters. The fourth-order valence-electron chi connectivity index (χ4n) is 1.71. The first-order chi connectivity index (χ1) is 11.2. The molecule has 24 heavy (non-hydrogen) atoms. The van der Waals surface area contributed by atoms with Crippen LogP contribution in [0.15, 0.2) is 41.3 Å². The third-order valence-electron chi connectivity index (χ3n) is 2.78. The van der Waals surface area contributed by atoms with Gasteiger partial charge in [0.05, 0.1) is 20.0 Å². The number of carbonyl (C=O) groups is 1. The van der Waals surface area contributed by atoms with Crippen molar-refractivity contribution in [2.75, 3.05) is 11.9 Å². The van der Waals surface area contributed by atoms with Gasteiger partial charge in [-0.25, -0.2) is 13.6 Å². The van der Waals surface area contributed by atoms with Gasteiger partial charge >= 0.3 is 0 Å². The monoisotopic (exact) mass is 408 g/mol. The minimum absolute atomic E-state index is 0.117. The third-order valence-corrected chi connectivity index (χ3v) is 4.71. The van der Waals surface area contributed by atoms with Gasteiger partial charge in [-0.3, -0.25) is 4.79 Å². The number of nitrogens with one attached hydrogen (secondary N) is 1. The van der Waals surface area contributed by atoms with E-state index in [-0.39, 0.29) is 38.0 Å². The molecule has 10 heteroatoms. The molecule has 0 heterocycles. The molecule has 0 saturated carbocycles. The van der Waals surface area contributed by atoms with Gasteiger partial charge < -0.3 is 10.1 Å². The zero-order valence-corrected chi connectivity index (χ0v) is 15.0. The highest BCUT2D eigenvalue weighted by Crippen LogP contribution is 2.33. The lowest BCUT2D eigenvalue weighted by Crippen LogP contribution is -2.20. The summed E-state index contributed by atoms with van der Waals surface area (Å²) in [6.07, 6.45) is 0. The van der Waals surface area contributed by atoms with Gasteiger partial charge in [0.1, 0.15) is 5.75 Å². The normalized spacial score (nSPS) is 11.2. The lowest BCUT2D eigenvalue weighted by atomic mass is 10.3. The Kier molecular flexibility index (Phi) is 5.95. The second kappa shape index (κ2) is 7.58. The van der Waals surface area contributed by atoms with Crippen molar-refractivity contribution in [3.63, 3.8) is 0 Å². The molecule has 3 N–H and O–H groups in total. The maximum atomic E-state index is 11.9. The van der Waals surface area contributed by atoms with Crippen LogP contribution < -0.4 is 15.2 Å². The van der Waals surface area contributed by atoms with E-state index in [2.05, 4.69) is 5.32 Å². The minimum Gasteiger partial charge on any atom is -0.482 e. The number of sulfonamides is 1. The number of benzene rings is 2. The molecule has 2 rings (SSSR count). The maximum absolute atomic E-state index is 11.9. The predicted octanol–water partition coefficient (Wildman–Crippen LogP) is 3.31. The van der Waals surface area contributed by atoms with Crippen molar-refractivity contribution in [3.8, 4) is 5.75 Å². The van der Waals surface area contributed by atoms with Gasteiger partial charge in [-0.15, -0.1) is 0 Å². The Morgan fingerprint density at radius 2 is 1.75 bits per heavy atom. The van der Waals surface area contributed by atoms with E-state index < -0.39 is 15.9 Å². The number of anilines is 1. The highest BCUT2D eigenvalue weighted by Gasteiger charge is 2.12. The number of primary sulfonamides is 1. The van der Waals surface area contributed by atoms with Crippen molar-refractivity contribution in [2.45, 2.75) is 4.90 Å². The molecule has 0 spiro atoms. The highest BCUT2D eigenvalue weighted by atomic mass is 35.5. The van der Waals surface area contributed by atoms with Gasteiger partial charge in [0.2, 0.25) is 10.0 Å². The first kappa shape index (κ1) is 18.8. The molecule has 0 aliphatic rings. The fraction of sp³-hybridized carbons (Fsp3) is 0.0714. The van der Waals surface area contributed by atoms with Crippen LogP contribution in [0.1, 0.15) is 0 Å². The van der Waals surface area contributed by atoms with Crippen LogP contribution in [0.3, 0.4) is 0 Å². The molecule has 0 aliphatic heterocycles. The van der Waals surface area contributed by atoms with Gasteiger partial charge in [-0.1, -0.05) is 40.9 Å². The van der Waals surface area contributed by atoms with E-state index in [4.69, 9.17) is 44.7 Å². The number of rotatable bonds is 5. The zero-order chi connectivity index (χ0) is 17.9. The summed E-state index contributed by atoms with van der Waals surface area (Å²) in [5.74, 6) is -0.330. The number of hydrogen-bond acceptors (Lipinski definition) is 4. The highest BCUT2D eigenvalue weighted by molar-refractivity contribution is 7.89. The number of amides is 1. The van der Waals surface area contributed by atoms with Crippen LogP contribution in [0, 0.1) is 0 Å². The molecule has 2 aromatic rings. The summed E-state index contributed by atoms with van der Waals surface area (Å²) in [5.41, 5.74) is 0.260. The van der Waals surface area contributed by atoms with E-state index in [1.807, 2.05) is 0 Å². The van der Waals surface area contributed by atoms with Crippen molar-refractivity contribution in [2.24, 2.45) is 5.14 Å². The summed E-state index contributed by atoms with van der Waals surface area (Å²) >= 11 is 17.6. The van der Waals surface area contributed by atoms with Gasteiger partial charge in [0, 0.05) is 11.8 Å². The minimum atomic E-state index is -3.86. The molecular formula is C14H11Cl3N2O4S. The Morgan fingerprint density at radius 1 is 1.08 bits per heavy atom. The Bertz CT molecular complexity index is 888. The smallest absolute Gasteiger partial charge is 0.262 e. The lowest BCUT2D eigenvalue weighted by molar-refractivity contribution is -0.118. The molecule has 0 fully saturated rings. The van der Waals surface area contributed by atoms with Crippen LogP contribution in [0.2, 0.25) is 15.1 Å². The molecule has 1 amide bonds. The van der Waals surface area contributed by atoms with Crippen LogP contribution in [0.25, 0.3) is 0 Å².